The van der Waals surface area contributed by atoms with E-state index in [1.165, 1.54) is 6.07 Å². The van der Waals surface area contributed by atoms with Crippen molar-refractivity contribution in [3.05, 3.63) is 65.0 Å². The summed E-state index contributed by atoms with van der Waals surface area (Å²) in [7, 11) is 1.56. The Kier molecular flexibility index (Phi) is 3.63. The van der Waals surface area contributed by atoms with Gasteiger partial charge in [0.25, 0.3) is 0 Å². The molecule has 0 aliphatic rings. The van der Waals surface area contributed by atoms with Crippen molar-refractivity contribution in [3.8, 4) is 5.75 Å². The lowest BCUT2D eigenvalue weighted by atomic mass is 9.99. The number of aryl methyl sites for hydroxylation is 1. The smallest absolute Gasteiger partial charge is 0.126 e. The van der Waals surface area contributed by atoms with Gasteiger partial charge in [0, 0.05) is 5.56 Å². The van der Waals surface area contributed by atoms with Gasteiger partial charge in [0.1, 0.15) is 17.7 Å². The first-order valence-electron chi connectivity index (χ1n) is 5.70. The van der Waals surface area contributed by atoms with Gasteiger partial charge in [-0.3, -0.25) is 0 Å². The number of methoxy groups -OCH3 is 1. The van der Waals surface area contributed by atoms with E-state index >= 15 is 0 Å². The molecule has 0 aromatic heterocycles. The van der Waals surface area contributed by atoms with E-state index in [1.54, 1.807) is 38.3 Å². The second-order valence-corrected chi connectivity index (χ2v) is 4.15. The van der Waals surface area contributed by atoms with Gasteiger partial charge in [0.05, 0.1) is 7.11 Å². The van der Waals surface area contributed by atoms with E-state index in [0.29, 0.717) is 22.4 Å². The van der Waals surface area contributed by atoms with Crippen molar-refractivity contribution in [2.45, 2.75) is 13.0 Å². The summed E-state index contributed by atoms with van der Waals surface area (Å²) in [5, 5.41) is 10.3. The fourth-order valence-electron chi connectivity index (χ4n) is 1.91. The van der Waals surface area contributed by atoms with E-state index in [4.69, 9.17) is 4.74 Å². The largest absolute Gasteiger partial charge is 0.496 e. The Labute approximate surface area is 106 Å². The van der Waals surface area contributed by atoms with E-state index in [9.17, 15) is 9.50 Å². The molecular formula is C15H15FO2. The number of hydrogen-bond acceptors (Lipinski definition) is 2. The summed E-state index contributed by atoms with van der Waals surface area (Å²) in [6.07, 6.45) is -0.819. The molecule has 0 heterocycles. The van der Waals surface area contributed by atoms with Crippen LogP contribution in [0.3, 0.4) is 0 Å². The third-order valence-corrected chi connectivity index (χ3v) is 2.93. The molecule has 0 fully saturated rings. The number of rotatable bonds is 3. The van der Waals surface area contributed by atoms with Crippen LogP contribution in [0, 0.1) is 12.7 Å². The number of aliphatic hydroxyl groups excluding tert-OH is 1. The molecule has 2 rings (SSSR count). The molecule has 3 heteroatoms. The minimum Gasteiger partial charge on any atom is -0.496 e. The first-order valence-corrected chi connectivity index (χ1v) is 5.70. The third kappa shape index (κ3) is 2.36. The van der Waals surface area contributed by atoms with Gasteiger partial charge in [-0.05, 0) is 30.2 Å². The molecule has 2 aromatic carbocycles. The van der Waals surface area contributed by atoms with Crippen LogP contribution in [0.2, 0.25) is 0 Å². The average molecular weight is 246 g/mol. The maximum Gasteiger partial charge on any atom is 0.126 e. The molecule has 0 saturated carbocycles. The minimum absolute atomic E-state index is 0.272. The Morgan fingerprint density at radius 3 is 2.56 bits per heavy atom. The maximum atomic E-state index is 13.2. The van der Waals surface area contributed by atoms with E-state index in [0.717, 1.165) is 0 Å². The van der Waals surface area contributed by atoms with Gasteiger partial charge >= 0.3 is 0 Å². The van der Waals surface area contributed by atoms with Crippen LogP contribution < -0.4 is 4.74 Å². The molecule has 94 valence electrons. The molecule has 0 amide bonds. The van der Waals surface area contributed by atoms with Crippen molar-refractivity contribution >= 4 is 0 Å². The van der Waals surface area contributed by atoms with Crippen molar-refractivity contribution < 1.29 is 14.2 Å². The van der Waals surface area contributed by atoms with Crippen LogP contribution in [0.1, 0.15) is 22.8 Å². The molecule has 0 spiro atoms. The Morgan fingerprint density at radius 1 is 1.17 bits per heavy atom. The van der Waals surface area contributed by atoms with Crippen LogP contribution in [0.5, 0.6) is 5.75 Å². The molecule has 2 nitrogen and oxygen atoms in total. The highest BCUT2D eigenvalue weighted by Gasteiger charge is 2.15. The summed E-state index contributed by atoms with van der Waals surface area (Å²) in [4.78, 5) is 0. The third-order valence-electron chi connectivity index (χ3n) is 2.93. The molecule has 0 radical (unpaired) electrons. The molecule has 0 bridgehead atoms. The van der Waals surface area contributed by atoms with Crippen LogP contribution >= 0.6 is 0 Å². The number of para-hydroxylation sites is 1. The van der Waals surface area contributed by atoms with E-state index < -0.39 is 6.10 Å². The number of benzene rings is 2. The fourth-order valence-corrected chi connectivity index (χ4v) is 1.91. The molecular weight excluding hydrogens is 231 g/mol. The molecule has 1 atom stereocenters. The van der Waals surface area contributed by atoms with Crippen molar-refractivity contribution in [2.24, 2.45) is 0 Å². The van der Waals surface area contributed by atoms with E-state index in [1.807, 2.05) is 12.1 Å². The summed E-state index contributed by atoms with van der Waals surface area (Å²) in [5.74, 6) is 0.345. The Hall–Kier alpha value is -1.87. The van der Waals surface area contributed by atoms with Gasteiger partial charge in [-0.25, -0.2) is 4.39 Å². The monoisotopic (exact) mass is 246 g/mol. The quantitative estimate of drug-likeness (QED) is 0.901. The van der Waals surface area contributed by atoms with Gasteiger partial charge in [0.15, 0.2) is 0 Å². The summed E-state index contributed by atoms with van der Waals surface area (Å²) >= 11 is 0. The van der Waals surface area contributed by atoms with Crippen molar-refractivity contribution in [1.29, 1.82) is 0 Å². The standard InChI is InChI=1S/C15H15FO2/c1-10-9-11(7-8-13(10)16)15(17)12-5-3-4-6-14(12)18-2/h3-9,15,17H,1-2H3. The van der Waals surface area contributed by atoms with Gasteiger partial charge < -0.3 is 9.84 Å². The Balaban J connectivity index is 2.41. The lowest BCUT2D eigenvalue weighted by Gasteiger charge is -2.15. The highest BCUT2D eigenvalue weighted by molar-refractivity contribution is 5.41. The summed E-state index contributed by atoms with van der Waals surface area (Å²) in [6, 6.07) is 11.8. The Morgan fingerprint density at radius 2 is 1.89 bits per heavy atom. The normalized spacial score (nSPS) is 12.2. The van der Waals surface area contributed by atoms with Crippen LogP contribution in [0.15, 0.2) is 42.5 Å². The predicted octanol–water partition coefficient (Wildman–Crippen LogP) is 3.22. The van der Waals surface area contributed by atoms with Crippen LogP contribution in [0.25, 0.3) is 0 Å². The van der Waals surface area contributed by atoms with Crippen LogP contribution in [-0.2, 0) is 0 Å². The fraction of sp³-hybridized carbons (Fsp3) is 0.200. The Bertz CT molecular complexity index is 552. The first kappa shape index (κ1) is 12.6. The zero-order valence-electron chi connectivity index (χ0n) is 10.4. The molecule has 0 saturated heterocycles. The molecule has 18 heavy (non-hydrogen) atoms. The van der Waals surface area contributed by atoms with Gasteiger partial charge in [-0.1, -0.05) is 30.3 Å². The second kappa shape index (κ2) is 5.19. The molecule has 1 N–H and O–H groups in total. The summed E-state index contributed by atoms with van der Waals surface area (Å²) in [5.41, 5.74) is 1.84. The van der Waals surface area contributed by atoms with Gasteiger partial charge in [-0.2, -0.15) is 0 Å². The second-order valence-electron chi connectivity index (χ2n) is 4.15. The highest BCUT2D eigenvalue weighted by Crippen LogP contribution is 2.30. The van der Waals surface area contributed by atoms with E-state index in [-0.39, 0.29) is 5.82 Å². The maximum absolute atomic E-state index is 13.2. The van der Waals surface area contributed by atoms with Crippen molar-refractivity contribution in [3.63, 3.8) is 0 Å². The van der Waals surface area contributed by atoms with Crippen LogP contribution in [0.4, 0.5) is 4.39 Å². The zero-order chi connectivity index (χ0) is 13.1. The van der Waals surface area contributed by atoms with Gasteiger partial charge in [0.2, 0.25) is 0 Å². The summed E-state index contributed by atoms with van der Waals surface area (Å²) in [6.45, 7) is 1.67. The molecule has 1 unspecified atom stereocenters. The highest BCUT2D eigenvalue weighted by atomic mass is 19.1. The van der Waals surface area contributed by atoms with Crippen molar-refractivity contribution in [2.75, 3.05) is 7.11 Å². The number of halogens is 1. The summed E-state index contributed by atoms with van der Waals surface area (Å²) < 4.78 is 18.4. The number of hydrogen-bond donors (Lipinski definition) is 1. The lowest BCUT2D eigenvalue weighted by molar-refractivity contribution is 0.214. The zero-order valence-corrected chi connectivity index (χ0v) is 10.4. The molecule has 0 aliphatic carbocycles. The minimum atomic E-state index is -0.819. The van der Waals surface area contributed by atoms with Gasteiger partial charge in [-0.15, -0.1) is 0 Å². The SMILES string of the molecule is COc1ccccc1C(O)c1ccc(F)c(C)c1. The number of ether oxygens (including phenoxy) is 1. The predicted molar refractivity (Wildman–Crippen MR) is 68.2 cm³/mol. The average Bonchev–Trinajstić information content (AvgIpc) is 2.41. The number of aliphatic hydroxyl groups is 1. The first-order chi connectivity index (χ1) is 8.63. The molecule has 0 aliphatic heterocycles. The van der Waals surface area contributed by atoms with Crippen LogP contribution in [-0.4, -0.2) is 12.2 Å². The van der Waals surface area contributed by atoms with E-state index in [2.05, 4.69) is 0 Å². The topological polar surface area (TPSA) is 29.5 Å². The lowest BCUT2D eigenvalue weighted by Crippen LogP contribution is -2.03. The molecule has 2 aromatic rings. The van der Waals surface area contributed by atoms with Crippen molar-refractivity contribution in [1.82, 2.24) is 0 Å².